The van der Waals surface area contributed by atoms with Crippen LogP contribution in [0.4, 0.5) is 36.4 Å². The van der Waals surface area contributed by atoms with Gasteiger partial charge in [-0.1, -0.05) is 13.8 Å². The standard InChI is InChI=1S/C20H25F3N8O/c1-9(2)15-17(32)29-14-10(3)25-19(30-16(14)31(15)4)27-12-7-11(8-12)26-13-5-6-24-18(28-13)20(21,22)23/h5-6,9,11-12,15H,7-8H2,1-4H3,(H,29,32)(H,24,26,28)(H,25,27,30)/t11-,12+,15?. The molecule has 1 aliphatic carbocycles. The van der Waals surface area contributed by atoms with E-state index < -0.39 is 12.0 Å². The molecule has 1 atom stereocenters. The number of nitrogens with zero attached hydrogens (tertiary/aromatic N) is 5. The number of aromatic nitrogens is 4. The van der Waals surface area contributed by atoms with Crippen LogP contribution < -0.4 is 20.9 Å². The van der Waals surface area contributed by atoms with E-state index in [4.69, 9.17) is 0 Å². The van der Waals surface area contributed by atoms with Gasteiger partial charge < -0.3 is 20.9 Å². The van der Waals surface area contributed by atoms with Gasteiger partial charge in [-0.2, -0.15) is 18.2 Å². The quantitative estimate of drug-likeness (QED) is 0.638. The molecule has 172 valence electrons. The minimum Gasteiger partial charge on any atom is -0.367 e. The van der Waals surface area contributed by atoms with Crippen molar-refractivity contribution in [2.75, 3.05) is 27.9 Å². The summed E-state index contributed by atoms with van der Waals surface area (Å²) in [6, 6.07) is 1.14. The van der Waals surface area contributed by atoms with Crippen LogP contribution in [0.2, 0.25) is 0 Å². The molecule has 0 aromatic carbocycles. The monoisotopic (exact) mass is 450 g/mol. The van der Waals surface area contributed by atoms with Crippen LogP contribution in [0, 0.1) is 12.8 Å². The molecule has 0 bridgehead atoms. The molecule has 0 radical (unpaired) electrons. The Hall–Kier alpha value is -3.18. The topological polar surface area (TPSA) is 108 Å². The van der Waals surface area contributed by atoms with E-state index in [0.29, 0.717) is 36.0 Å². The number of nitrogens with one attached hydrogen (secondary N) is 3. The molecule has 2 aliphatic rings. The number of aryl methyl sites for hydroxylation is 1. The molecular weight excluding hydrogens is 425 g/mol. The number of hydrogen-bond donors (Lipinski definition) is 3. The maximum Gasteiger partial charge on any atom is 0.451 e. The van der Waals surface area contributed by atoms with Gasteiger partial charge in [0, 0.05) is 25.3 Å². The summed E-state index contributed by atoms with van der Waals surface area (Å²) >= 11 is 0. The van der Waals surface area contributed by atoms with E-state index in [1.165, 1.54) is 6.07 Å². The number of carbonyl (C=O) groups is 1. The first kappa shape index (κ1) is 22.0. The number of carbonyl (C=O) groups excluding carboxylic acids is 1. The Labute approximate surface area is 183 Å². The average Bonchev–Trinajstić information content (AvgIpc) is 2.66. The van der Waals surface area contributed by atoms with Crippen LogP contribution in [-0.2, 0) is 11.0 Å². The predicted molar refractivity (Wildman–Crippen MR) is 114 cm³/mol. The van der Waals surface area contributed by atoms with Gasteiger partial charge in [0.2, 0.25) is 17.7 Å². The number of hydrogen-bond acceptors (Lipinski definition) is 8. The van der Waals surface area contributed by atoms with Gasteiger partial charge in [-0.3, -0.25) is 4.79 Å². The largest absolute Gasteiger partial charge is 0.451 e. The van der Waals surface area contributed by atoms with Crippen molar-refractivity contribution >= 4 is 29.2 Å². The number of fused-ring (bicyclic) bond motifs is 1. The average molecular weight is 450 g/mol. The third-order valence-corrected chi connectivity index (χ3v) is 5.70. The van der Waals surface area contributed by atoms with Crippen molar-refractivity contribution in [1.82, 2.24) is 19.9 Å². The molecule has 1 saturated carbocycles. The first-order valence-electron chi connectivity index (χ1n) is 10.4. The molecule has 4 rings (SSSR count). The lowest BCUT2D eigenvalue weighted by molar-refractivity contribution is -0.144. The molecule has 3 heterocycles. The lowest BCUT2D eigenvalue weighted by Gasteiger charge is -2.38. The van der Waals surface area contributed by atoms with E-state index >= 15 is 0 Å². The van der Waals surface area contributed by atoms with Crippen molar-refractivity contribution in [2.24, 2.45) is 5.92 Å². The molecule has 1 aliphatic heterocycles. The highest BCUT2D eigenvalue weighted by molar-refractivity contribution is 6.03. The molecule has 12 heteroatoms. The Bertz CT molecular complexity index is 1020. The number of alkyl halides is 3. The molecule has 2 aromatic rings. The number of halogens is 3. The van der Waals surface area contributed by atoms with Gasteiger partial charge >= 0.3 is 6.18 Å². The highest BCUT2D eigenvalue weighted by Gasteiger charge is 2.37. The molecule has 1 unspecified atom stereocenters. The molecule has 9 nitrogen and oxygen atoms in total. The van der Waals surface area contributed by atoms with Gasteiger partial charge in [0.15, 0.2) is 5.82 Å². The van der Waals surface area contributed by atoms with Crippen molar-refractivity contribution in [3.8, 4) is 0 Å². The van der Waals surface area contributed by atoms with Crippen molar-refractivity contribution in [2.45, 2.75) is 57.9 Å². The van der Waals surface area contributed by atoms with Gasteiger partial charge in [0.05, 0.1) is 5.69 Å². The predicted octanol–water partition coefficient (Wildman–Crippen LogP) is 3.06. The zero-order valence-corrected chi connectivity index (χ0v) is 18.2. The smallest absolute Gasteiger partial charge is 0.367 e. The number of likely N-dealkylation sites (N-methyl/N-ethyl adjacent to an activating group) is 1. The summed E-state index contributed by atoms with van der Waals surface area (Å²) in [5, 5.41) is 9.21. The van der Waals surface area contributed by atoms with Gasteiger partial charge in [-0.25, -0.2) is 15.0 Å². The third kappa shape index (κ3) is 4.26. The van der Waals surface area contributed by atoms with Crippen LogP contribution in [0.5, 0.6) is 0 Å². The minimum absolute atomic E-state index is 0.0190. The molecule has 32 heavy (non-hydrogen) atoms. The second-order valence-electron chi connectivity index (χ2n) is 8.54. The Morgan fingerprint density at radius 2 is 1.84 bits per heavy atom. The maximum absolute atomic E-state index is 12.8. The Morgan fingerprint density at radius 1 is 1.16 bits per heavy atom. The second kappa shape index (κ2) is 8.06. The lowest BCUT2D eigenvalue weighted by atomic mass is 9.87. The van der Waals surface area contributed by atoms with E-state index in [0.717, 1.165) is 6.20 Å². The zero-order chi connectivity index (χ0) is 23.2. The number of rotatable bonds is 5. The fraction of sp³-hybridized carbons (Fsp3) is 0.550. The van der Waals surface area contributed by atoms with Crippen LogP contribution in [0.25, 0.3) is 0 Å². The highest BCUT2D eigenvalue weighted by Crippen LogP contribution is 2.35. The molecule has 0 saturated heterocycles. The number of amides is 1. The summed E-state index contributed by atoms with van der Waals surface area (Å²) < 4.78 is 38.3. The summed E-state index contributed by atoms with van der Waals surface area (Å²) in [5.41, 5.74) is 1.27. The summed E-state index contributed by atoms with van der Waals surface area (Å²) in [7, 11) is 1.85. The van der Waals surface area contributed by atoms with Crippen molar-refractivity contribution in [1.29, 1.82) is 0 Å². The fourth-order valence-electron chi connectivity index (χ4n) is 4.10. The van der Waals surface area contributed by atoms with Crippen LogP contribution in [0.15, 0.2) is 12.3 Å². The van der Waals surface area contributed by atoms with Crippen molar-refractivity contribution in [3.05, 3.63) is 23.8 Å². The molecule has 2 aromatic heterocycles. The van der Waals surface area contributed by atoms with Crippen LogP contribution >= 0.6 is 0 Å². The van der Waals surface area contributed by atoms with Crippen LogP contribution in [0.3, 0.4) is 0 Å². The van der Waals surface area contributed by atoms with Crippen LogP contribution in [0.1, 0.15) is 38.2 Å². The normalized spacial score (nSPS) is 22.8. The van der Waals surface area contributed by atoms with E-state index in [1.807, 2.05) is 32.7 Å². The van der Waals surface area contributed by atoms with Crippen molar-refractivity contribution in [3.63, 3.8) is 0 Å². The van der Waals surface area contributed by atoms with Crippen molar-refractivity contribution < 1.29 is 18.0 Å². The molecule has 3 N–H and O–H groups in total. The van der Waals surface area contributed by atoms with Gasteiger partial charge in [0.1, 0.15) is 17.5 Å². The van der Waals surface area contributed by atoms with Gasteiger partial charge in [-0.05, 0) is 31.7 Å². The summed E-state index contributed by atoms with van der Waals surface area (Å²) in [6.07, 6.45) is -2.14. The van der Waals surface area contributed by atoms with Gasteiger partial charge in [-0.15, -0.1) is 0 Å². The molecule has 1 amide bonds. The van der Waals surface area contributed by atoms with E-state index in [2.05, 4.69) is 35.9 Å². The van der Waals surface area contributed by atoms with Crippen LogP contribution in [-0.4, -0.2) is 51.0 Å². The molecule has 1 fully saturated rings. The second-order valence-corrected chi connectivity index (χ2v) is 8.54. The summed E-state index contributed by atoms with van der Waals surface area (Å²) in [6.45, 7) is 5.78. The zero-order valence-electron chi connectivity index (χ0n) is 18.2. The number of anilines is 4. The Kier molecular flexibility index (Phi) is 5.55. The fourth-order valence-corrected chi connectivity index (χ4v) is 4.10. The van der Waals surface area contributed by atoms with E-state index in [1.54, 1.807) is 0 Å². The highest BCUT2D eigenvalue weighted by atomic mass is 19.4. The van der Waals surface area contributed by atoms with E-state index in [-0.39, 0.29) is 35.8 Å². The van der Waals surface area contributed by atoms with Gasteiger partial charge in [0.25, 0.3) is 0 Å². The lowest BCUT2D eigenvalue weighted by Crippen LogP contribution is -2.50. The molecule has 0 spiro atoms. The third-order valence-electron chi connectivity index (χ3n) is 5.70. The summed E-state index contributed by atoms with van der Waals surface area (Å²) in [5.74, 6) is 0.135. The first-order chi connectivity index (χ1) is 15.0. The van der Waals surface area contributed by atoms with E-state index in [9.17, 15) is 18.0 Å². The maximum atomic E-state index is 12.8. The Morgan fingerprint density at radius 3 is 2.50 bits per heavy atom. The minimum atomic E-state index is -4.58. The first-order valence-corrected chi connectivity index (χ1v) is 10.4. The SMILES string of the molecule is Cc1nc(N[C@H]2C[C@@H](Nc3ccnc(C(F)(F)F)n3)C2)nc2c1NC(=O)C(C(C)C)N2C. The Balaban J connectivity index is 1.40. The summed E-state index contributed by atoms with van der Waals surface area (Å²) in [4.78, 5) is 30.2. The molecular formula is C20H25F3N8O.